The lowest BCUT2D eigenvalue weighted by atomic mass is 9.97. The molecule has 5 rings (SSSR count). The van der Waals surface area contributed by atoms with Crippen molar-refractivity contribution >= 4 is 28.4 Å². The Bertz CT molecular complexity index is 1760. The van der Waals surface area contributed by atoms with Gasteiger partial charge in [-0.25, -0.2) is 18.6 Å². The minimum atomic E-state index is -1.34. The number of benzene rings is 1. The number of aromatic carboxylic acids is 1. The molecule has 0 bridgehead atoms. The van der Waals surface area contributed by atoms with Gasteiger partial charge >= 0.3 is 5.97 Å². The first-order chi connectivity index (χ1) is 18.9. The molecule has 1 aliphatic rings. The summed E-state index contributed by atoms with van der Waals surface area (Å²) in [4.78, 5) is 36.4. The molecule has 1 aromatic carbocycles. The number of nitrogens with one attached hydrogen (secondary N) is 2. The number of anilines is 2. The van der Waals surface area contributed by atoms with E-state index in [1.807, 2.05) is 13.8 Å². The molecule has 0 radical (unpaired) electrons. The first kappa shape index (κ1) is 27.2. The van der Waals surface area contributed by atoms with Crippen LogP contribution in [0.15, 0.2) is 35.5 Å². The monoisotopic (exact) mass is 548 g/mol. The smallest absolute Gasteiger partial charge is 0.341 e. The maximum Gasteiger partial charge on any atom is 0.341 e. The lowest BCUT2D eigenvalue weighted by molar-refractivity contribution is 0.0694. The van der Waals surface area contributed by atoms with Crippen molar-refractivity contribution in [3.63, 3.8) is 0 Å². The fourth-order valence-electron chi connectivity index (χ4n) is 5.60. The van der Waals surface area contributed by atoms with Crippen molar-refractivity contribution in [2.45, 2.75) is 25.8 Å². The SMILES string of the molecule is CNCC(C)(C)n1cc(C(=O)O)c(=O)c2cc(-c3cnc4c(c3N(C)C)-c3c(F)c(F)cc(NC)c3C4)cnc21. The summed E-state index contributed by atoms with van der Waals surface area (Å²) in [6.07, 6.45) is 4.86. The van der Waals surface area contributed by atoms with Gasteiger partial charge in [-0.2, -0.15) is 0 Å². The van der Waals surface area contributed by atoms with E-state index in [-0.39, 0.29) is 16.5 Å². The molecule has 0 saturated carbocycles. The van der Waals surface area contributed by atoms with Crippen LogP contribution in [0.5, 0.6) is 0 Å². The number of fused-ring (bicyclic) bond motifs is 4. The van der Waals surface area contributed by atoms with E-state index in [9.17, 15) is 19.1 Å². The van der Waals surface area contributed by atoms with E-state index in [1.165, 1.54) is 6.20 Å². The molecule has 3 heterocycles. The van der Waals surface area contributed by atoms with Crippen LogP contribution in [0, 0.1) is 11.6 Å². The van der Waals surface area contributed by atoms with E-state index in [1.54, 1.807) is 56.1 Å². The van der Waals surface area contributed by atoms with Crippen LogP contribution in [-0.2, 0) is 12.0 Å². The molecule has 0 unspecified atom stereocenters. The van der Waals surface area contributed by atoms with Crippen LogP contribution in [0.2, 0.25) is 0 Å². The van der Waals surface area contributed by atoms with Crippen molar-refractivity contribution in [3.8, 4) is 22.3 Å². The van der Waals surface area contributed by atoms with Crippen LogP contribution in [0.25, 0.3) is 33.3 Å². The molecule has 0 amide bonds. The fraction of sp³-hybridized carbons (Fsp3) is 0.310. The van der Waals surface area contributed by atoms with Crippen molar-refractivity contribution in [2.24, 2.45) is 0 Å². The average molecular weight is 549 g/mol. The van der Waals surface area contributed by atoms with Crippen molar-refractivity contribution in [3.05, 3.63) is 69.4 Å². The summed E-state index contributed by atoms with van der Waals surface area (Å²) >= 11 is 0. The van der Waals surface area contributed by atoms with Gasteiger partial charge in [0, 0.05) is 86.7 Å². The Kier molecular flexibility index (Phi) is 6.57. The number of nitrogens with zero attached hydrogens (tertiary/aromatic N) is 4. The Balaban J connectivity index is 1.82. The molecule has 0 atom stereocenters. The number of aromatic nitrogens is 3. The molecule has 40 heavy (non-hydrogen) atoms. The number of carbonyl (C=O) groups is 1. The number of likely N-dealkylation sites (N-methyl/N-ethyl adjacent to an activating group) is 1. The molecule has 0 aliphatic heterocycles. The molecule has 3 N–H and O–H groups in total. The highest BCUT2D eigenvalue weighted by Crippen LogP contribution is 2.49. The van der Waals surface area contributed by atoms with Gasteiger partial charge in [0.1, 0.15) is 11.2 Å². The summed E-state index contributed by atoms with van der Waals surface area (Å²) in [5, 5.41) is 16.0. The first-order valence-electron chi connectivity index (χ1n) is 12.7. The lowest BCUT2D eigenvalue weighted by Gasteiger charge is -2.30. The zero-order valence-electron chi connectivity index (χ0n) is 23.1. The zero-order valence-corrected chi connectivity index (χ0v) is 23.1. The van der Waals surface area contributed by atoms with Gasteiger partial charge in [0.05, 0.1) is 22.3 Å². The summed E-state index contributed by atoms with van der Waals surface area (Å²) < 4.78 is 31.6. The highest BCUT2D eigenvalue weighted by Gasteiger charge is 2.33. The van der Waals surface area contributed by atoms with Crippen molar-refractivity contribution < 1.29 is 18.7 Å². The normalized spacial score (nSPS) is 12.4. The number of rotatable bonds is 7. The minimum absolute atomic E-state index is 0.127. The first-order valence-corrected chi connectivity index (χ1v) is 12.7. The van der Waals surface area contributed by atoms with Crippen molar-refractivity contribution in [2.75, 3.05) is 45.0 Å². The third-order valence-electron chi connectivity index (χ3n) is 7.41. The number of halogens is 2. The summed E-state index contributed by atoms with van der Waals surface area (Å²) in [7, 11) is 7.01. The molecule has 0 spiro atoms. The Morgan fingerprint density at radius 2 is 1.88 bits per heavy atom. The molecule has 0 fully saturated rings. The topological polar surface area (TPSA) is 112 Å². The molecular weight excluding hydrogens is 518 g/mol. The van der Waals surface area contributed by atoms with Gasteiger partial charge in [-0.05, 0) is 32.5 Å². The second-order valence-electron chi connectivity index (χ2n) is 10.7. The highest BCUT2D eigenvalue weighted by atomic mass is 19.2. The molecule has 208 valence electrons. The molecule has 3 aromatic heterocycles. The number of carboxylic acid groups (broad SMARTS) is 1. The van der Waals surface area contributed by atoms with Gasteiger partial charge in [-0.15, -0.1) is 0 Å². The minimum Gasteiger partial charge on any atom is -0.477 e. The van der Waals surface area contributed by atoms with Crippen molar-refractivity contribution in [1.29, 1.82) is 0 Å². The molecule has 11 heteroatoms. The summed E-state index contributed by atoms with van der Waals surface area (Å²) in [6, 6.07) is 2.74. The van der Waals surface area contributed by atoms with Gasteiger partial charge in [0.25, 0.3) is 0 Å². The predicted octanol–water partition coefficient (Wildman–Crippen LogP) is 4.07. The van der Waals surface area contributed by atoms with Crippen molar-refractivity contribution in [1.82, 2.24) is 19.9 Å². The third-order valence-corrected chi connectivity index (χ3v) is 7.41. The Morgan fingerprint density at radius 1 is 1.15 bits per heavy atom. The second-order valence-corrected chi connectivity index (χ2v) is 10.7. The van der Waals surface area contributed by atoms with E-state index in [2.05, 4.69) is 20.6 Å². The van der Waals surface area contributed by atoms with Gasteiger partial charge in [0.15, 0.2) is 11.6 Å². The third kappa shape index (κ3) is 4.08. The summed E-state index contributed by atoms with van der Waals surface area (Å²) in [6.45, 7) is 4.31. The average Bonchev–Trinajstić information content (AvgIpc) is 3.29. The van der Waals surface area contributed by atoms with Gasteiger partial charge in [-0.1, -0.05) is 0 Å². The van der Waals surface area contributed by atoms with E-state index in [4.69, 9.17) is 0 Å². The Labute approximate surface area is 229 Å². The number of carboxylic acids is 1. The number of hydrogen-bond acceptors (Lipinski definition) is 7. The van der Waals surface area contributed by atoms with Gasteiger partial charge in [0.2, 0.25) is 5.43 Å². The second kappa shape index (κ2) is 9.67. The van der Waals surface area contributed by atoms with Crippen LogP contribution in [0.4, 0.5) is 20.2 Å². The van der Waals surface area contributed by atoms with Crippen LogP contribution in [-0.4, -0.2) is 60.3 Å². The molecule has 4 aromatic rings. The van der Waals surface area contributed by atoms with Crippen LogP contribution in [0.3, 0.4) is 0 Å². The summed E-state index contributed by atoms with van der Waals surface area (Å²) in [5.41, 5.74) is 2.61. The maximum absolute atomic E-state index is 15.3. The standard InChI is InChI=1S/C29H30F2N6O3/c1-29(2,13-32-3)37-12-18(28(39)40)26(38)16-7-14(10-35-27(16)37)17-11-34-21-8-15-20(33-4)9-19(30)24(31)22(15)23(21)25(17)36(5)6/h7,9-12,32-33H,8,13H2,1-6H3,(H,39,40). The van der Waals surface area contributed by atoms with Gasteiger partial charge < -0.3 is 25.2 Å². The Morgan fingerprint density at radius 3 is 2.50 bits per heavy atom. The highest BCUT2D eigenvalue weighted by molar-refractivity contribution is 5.98. The van der Waals surface area contributed by atoms with E-state index < -0.39 is 28.6 Å². The molecule has 9 nitrogen and oxygen atoms in total. The fourth-order valence-corrected chi connectivity index (χ4v) is 5.60. The summed E-state index contributed by atoms with van der Waals surface area (Å²) in [5.74, 6) is -3.26. The van der Waals surface area contributed by atoms with Crippen LogP contribution in [0.1, 0.15) is 35.5 Å². The van der Waals surface area contributed by atoms with E-state index in [0.29, 0.717) is 57.9 Å². The zero-order chi connectivity index (χ0) is 29.1. The Hall–Kier alpha value is -4.38. The van der Waals surface area contributed by atoms with Gasteiger partial charge in [-0.3, -0.25) is 9.78 Å². The predicted molar refractivity (Wildman–Crippen MR) is 151 cm³/mol. The molecule has 0 saturated heterocycles. The van der Waals surface area contributed by atoms with E-state index >= 15 is 4.39 Å². The maximum atomic E-state index is 15.3. The number of pyridine rings is 3. The lowest BCUT2D eigenvalue weighted by Crippen LogP contribution is -2.38. The van der Waals surface area contributed by atoms with E-state index in [0.717, 1.165) is 6.07 Å². The van der Waals surface area contributed by atoms with Crippen LogP contribution >= 0.6 is 0 Å². The van der Waals surface area contributed by atoms with Crippen LogP contribution < -0.4 is 21.0 Å². The number of hydrogen-bond donors (Lipinski definition) is 3. The molecular formula is C29H30F2N6O3. The quantitative estimate of drug-likeness (QED) is 0.279. The molecule has 1 aliphatic carbocycles. The largest absolute Gasteiger partial charge is 0.477 e.